The lowest BCUT2D eigenvalue weighted by molar-refractivity contribution is -0.127. The molecule has 6 heteroatoms. The average Bonchev–Trinajstić information content (AvgIpc) is 3.35. The molecular formula is C24H33N3O3. The first-order chi connectivity index (χ1) is 14.5. The molecule has 3 aliphatic rings. The number of likely N-dealkylation sites (tertiary alicyclic amines) is 1. The van der Waals surface area contributed by atoms with Gasteiger partial charge in [-0.3, -0.25) is 14.5 Å². The van der Waals surface area contributed by atoms with Crippen molar-refractivity contribution in [2.75, 3.05) is 37.6 Å². The van der Waals surface area contributed by atoms with Crippen LogP contribution in [0.5, 0.6) is 0 Å². The van der Waals surface area contributed by atoms with Crippen molar-refractivity contribution in [2.45, 2.75) is 57.8 Å². The van der Waals surface area contributed by atoms with Gasteiger partial charge in [0.1, 0.15) is 0 Å². The lowest BCUT2D eigenvalue weighted by Gasteiger charge is -2.38. The highest BCUT2D eigenvalue weighted by Crippen LogP contribution is 2.23. The summed E-state index contributed by atoms with van der Waals surface area (Å²) in [6.07, 6.45) is 7.77. The van der Waals surface area contributed by atoms with Crippen LogP contribution in [0.2, 0.25) is 0 Å². The maximum Gasteiger partial charge on any atom is 0.246 e. The largest absolute Gasteiger partial charge is 0.373 e. The van der Waals surface area contributed by atoms with Crippen molar-refractivity contribution in [3.05, 3.63) is 35.9 Å². The zero-order valence-corrected chi connectivity index (χ0v) is 18.1. The van der Waals surface area contributed by atoms with Gasteiger partial charge in [0.05, 0.1) is 12.2 Å². The van der Waals surface area contributed by atoms with Gasteiger partial charge >= 0.3 is 0 Å². The quantitative estimate of drug-likeness (QED) is 0.699. The van der Waals surface area contributed by atoms with Gasteiger partial charge in [0.15, 0.2) is 0 Å². The fraction of sp³-hybridized carbons (Fsp3) is 0.583. The molecule has 3 unspecified atom stereocenters. The van der Waals surface area contributed by atoms with Crippen LogP contribution in [-0.2, 0) is 14.3 Å². The van der Waals surface area contributed by atoms with E-state index in [-0.39, 0.29) is 30.1 Å². The zero-order valence-electron chi connectivity index (χ0n) is 18.1. The lowest BCUT2D eigenvalue weighted by Crippen LogP contribution is -2.50. The van der Waals surface area contributed by atoms with Crippen LogP contribution in [0.4, 0.5) is 5.69 Å². The molecule has 1 aromatic rings. The van der Waals surface area contributed by atoms with Crippen molar-refractivity contribution in [3.8, 4) is 0 Å². The van der Waals surface area contributed by atoms with Gasteiger partial charge < -0.3 is 14.5 Å². The van der Waals surface area contributed by atoms with Crippen LogP contribution in [-0.4, -0.2) is 72.6 Å². The number of hydrogen-bond donors (Lipinski definition) is 0. The monoisotopic (exact) mass is 411 g/mol. The molecule has 0 bridgehead atoms. The van der Waals surface area contributed by atoms with Crippen molar-refractivity contribution in [1.82, 2.24) is 9.80 Å². The zero-order chi connectivity index (χ0) is 21.1. The topological polar surface area (TPSA) is 53.1 Å². The van der Waals surface area contributed by atoms with Gasteiger partial charge in [0.2, 0.25) is 11.8 Å². The Morgan fingerprint density at radius 3 is 2.50 bits per heavy atom. The Morgan fingerprint density at radius 1 is 1.10 bits per heavy atom. The Morgan fingerprint density at radius 2 is 1.83 bits per heavy atom. The molecule has 3 fully saturated rings. The van der Waals surface area contributed by atoms with E-state index in [1.54, 1.807) is 6.08 Å². The SMILES string of the molecule is CC1CN(CC2CCCN2C(=O)/C=C/c2ccc(N3CCCC3=O)cc2)CC(C)O1. The molecule has 2 amide bonds. The number of carbonyl (C=O) groups excluding carboxylic acids is 2. The number of nitrogens with zero attached hydrogens (tertiary/aromatic N) is 3. The molecule has 0 radical (unpaired) electrons. The van der Waals surface area contributed by atoms with E-state index in [1.807, 2.05) is 40.1 Å². The summed E-state index contributed by atoms with van der Waals surface area (Å²) in [4.78, 5) is 31.0. The summed E-state index contributed by atoms with van der Waals surface area (Å²) >= 11 is 0. The average molecular weight is 412 g/mol. The Kier molecular flexibility index (Phi) is 6.54. The number of ether oxygens (including phenoxy) is 1. The van der Waals surface area contributed by atoms with Gasteiger partial charge in [0, 0.05) is 56.9 Å². The second-order valence-corrected chi connectivity index (χ2v) is 8.88. The van der Waals surface area contributed by atoms with Gasteiger partial charge in [-0.15, -0.1) is 0 Å². The van der Waals surface area contributed by atoms with Crippen LogP contribution < -0.4 is 4.90 Å². The summed E-state index contributed by atoms with van der Waals surface area (Å²) in [6, 6.07) is 8.16. The summed E-state index contributed by atoms with van der Waals surface area (Å²) in [7, 11) is 0. The number of hydrogen-bond acceptors (Lipinski definition) is 4. The number of amides is 2. The Hall–Kier alpha value is -2.18. The van der Waals surface area contributed by atoms with Crippen LogP contribution in [0.3, 0.4) is 0 Å². The first kappa shape index (κ1) is 21.1. The third-order valence-electron chi connectivity index (χ3n) is 6.32. The lowest BCUT2D eigenvalue weighted by atomic mass is 10.1. The summed E-state index contributed by atoms with van der Waals surface area (Å²) in [6.45, 7) is 8.66. The second kappa shape index (κ2) is 9.31. The summed E-state index contributed by atoms with van der Waals surface area (Å²) in [5.41, 5.74) is 1.92. The molecule has 4 rings (SSSR count). The summed E-state index contributed by atoms with van der Waals surface area (Å²) < 4.78 is 5.83. The molecule has 0 aromatic heterocycles. The Labute approximate surface area is 179 Å². The smallest absolute Gasteiger partial charge is 0.246 e. The van der Waals surface area contributed by atoms with Crippen LogP contribution in [0.15, 0.2) is 30.3 Å². The van der Waals surface area contributed by atoms with E-state index in [9.17, 15) is 9.59 Å². The molecule has 30 heavy (non-hydrogen) atoms. The van der Waals surface area contributed by atoms with E-state index in [0.29, 0.717) is 6.42 Å². The molecule has 3 saturated heterocycles. The van der Waals surface area contributed by atoms with Crippen molar-refractivity contribution in [1.29, 1.82) is 0 Å². The number of carbonyl (C=O) groups is 2. The number of anilines is 1. The van der Waals surface area contributed by atoms with Crippen molar-refractivity contribution in [3.63, 3.8) is 0 Å². The fourth-order valence-electron chi connectivity index (χ4n) is 5.00. The number of morpholine rings is 1. The minimum Gasteiger partial charge on any atom is -0.373 e. The molecule has 3 atom stereocenters. The Balaban J connectivity index is 1.34. The summed E-state index contributed by atoms with van der Waals surface area (Å²) in [5, 5.41) is 0. The third kappa shape index (κ3) is 4.93. The highest BCUT2D eigenvalue weighted by Gasteiger charge is 2.31. The molecule has 3 heterocycles. The molecule has 3 aliphatic heterocycles. The number of benzene rings is 1. The molecule has 0 N–H and O–H groups in total. The molecule has 0 aliphatic carbocycles. The van der Waals surface area contributed by atoms with Crippen LogP contribution in [0, 0.1) is 0 Å². The molecule has 162 valence electrons. The van der Waals surface area contributed by atoms with E-state index in [2.05, 4.69) is 18.7 Å². The molecular weight excluding hydrogens is 378 g/mol. The first-order valence-corrected chi connectivity index (χ1v) is 11.3. The highest BCUT2D eigenvalue weighted by atomic mass is 16.5. The highest BCUT2D eigenvalue weighted by molar-refractivity contribution is 5.95. The molecule has 0 saturated carbocycles. The fourth-order valence-corrected chi connectivity index (χ4v) is 5.00. The van der Waals surface area contributed by atoms with Crippen molar-refractivity contribution >= 4 is 23.6 Å². The van der Waals surface area contributed by atoms with Crippen LogP contribution >= 0.6 is 0 Å². The minimum atomic E-state index is 0.0886. The van der Waals surface area contributed by atoms with Gasteiger partial charge in [-0.1, -0.05) is 12.1 Å². The second-order valence-electron chi connectivity index (χ2n) is 8.88. The van der Waals surface area contributed by atoms with E-state index >= 15 is 0 Å². The van der Waals surface area contributed by atoms with E-state index in [1.165, 1.54) is 0 Å². The third-order valence-corrected chi connectivity index (χ3v) is 6.32. The standard InChI is InChI=1S/C24H33N3O3/c1-18-15-25(16-19(2)30-18)17-22-5-3-13-27(22)24(29)12-9-20-7-10-21(11-8-20)26-14-4-6-23(26)28/h7-12,18-19,22H,3-6,13-17H2,1-2H3/b12-9+. The van der Waals surface area contributed by atoms with Gasteiger partial charge in [-0.25, -0.2) is 0 Å². The number of rotatable bonds is 5. The summed E-state index contributed by atoms with van der Waals surface area (Å²) in [5.74, 6) is 0.281. The van der Waals surface area contributed by atoms with E-state index < -0.39 is 0 Å². The van der Waals surface area contributed by atoms with Crippen LogP contribution in [0.1, 0.15) is 45.1 Å². The van der Waals surface area contributed by atoms with Crippen molar-refractivity contribution < 1.29 is 14.3 Å². The van der Waals surface area contributed by atoms with Gasteiger partial charge in [-0.05, 0) is 56.9 Å². The maximum absolute atomic E-state index is 12.9. The van der Waals surface area contributed by atoms with Crippen molar-refractivity contribution in [2.24, 2.45) is 0 Å². The predicted molar refractivity (Wildman–Crippen MR) is 118 cm³/mol. The van der Waals surface area contributed by atoms with Gasteiger partial charge in [-0.2, -0.15) is 0 Å². The molecule has 6 nitrogen and oxygen atoms in total. The maximum atomic E-state index is 12.9. The van der Waals surface area contributed by atoms with Crippen LogP contribution in [0.25, 0.3) is 6.08 Å². The predicted octanol–water partition coefficient (Wildman–Crippen LogP) is 2.93. The van der Waals surface area contributed by atoms with E-state index in [0.717, 1.165) is 63.2 Å². The van der Waals surface area contributed by atoms with Gasteiger partial charge in [0.25, 0.3) is 0 Å². The van der Waals surface area contributed by atoms with E-state index in [4.69, 9.17) is 4.74 Å². The Bertz CT molecular complexity index is 781. The first-order valence-electron chi connectivity index (χ1n) is 11.3. The molecule has 0 spiro atoms. The normalized spacial score (nSPS) is 28.1. The molecule has 1 aromatic carbocycles. The minimum absolute atomic E-state index is 0.0886.